The number of amides is 2. The van der Waals surface area contributed by atoms with Crippen LogP contribution < -0.4 is 20.9 Å². The molecule has 13 heteroatoms. The highest BCUT2D eigenvalue weighted by molar-refractivity contribution is 8.18. The summed E-state index contributed by atoms with van der Waals surface area (Å²) in [6.45, 7) is 3.55. The number of carbonyl (C=O) groups excluding carboxylic acids is 1. The Morgan fingerprint density at radius 3 is 2.64 bits per heavy atom. The number of nitrogens with zero attached hydrogens (tertiary/aromatic N) is 4. The van der Waals surface area contributed by atoms with E-state index >= 15 is 0 Å². The van der Waals surface area contributed by atoms with Crippen molar-refractivity contribution in [1.82, 2.24) is 24.2 Å². The topological polar surface area (TPSA) is 138 Å². The Labute approximate surface area is 213 Å². The number of carbonyl (C=O) groups is 1. The fourth-order valence-electron chi connectivity index (χ4n) is 3.48. The highest BCUT2D eigenvalue weighted by Gasteiger charge is 2.26. The van der Waals surface area contributed by atoms with E-state index in [-0.39, 0.29) is 20.7 Å². The van der Waals surface area contributed by atoms with Crippen molar-refractivity contribution in [3.8, 4) is 5.82 Å². The number of rotatable bonds is 8. The van der Waals surface area contributed by atoms with Crippen LogP contribution in [0.2, 0.25) is 0 Å². The molecule has 3 N–H and O–H groups in total. The summed E-state index contributed by atoms with van der Waals surface area (Å²) in [4.78, 5) is 35.9. The molecule has 190 valence electrons. The van der Waals surface area contributed by atoms with Crippen LogP contribution in [-0.2, 0) is 10.0 Å². The minimum atomic E-state index is -3.92. The Morgan fingerprint density at radius 1 is 1.19 bits per heavy atom. The molecule has 1 atom stereocenters. The largest absolute Gasteiger partial charge is 0.384 e. The predicted octanol–water partition coefficient (Wildman–Crippen LogP) is 2.57. The standard InChI is InChI=1S/C23H27N7O4S2/c1-15-4-9-21(35-15)36(33,34)28-23(32)27-17-6-8-20(25-13-17)30-14-26-19-12-16(24-10-11-29(2)3)5-7-18(19)22(30)31/h5-9,12-15,24H,4,10-11H2,1-3H3,(H2,27,28,32). The molecular formula is C23H27N7O4S2. The van der Waals surface area contributed by atoms with E-state index in [1.165, 1.54) is 41.0 Å². The normalized spacial score (nSPS) is 15.7. The van der Waals surface area contributed by atoms with Crippen LogP contribution in [0.3, 0.4) is 0 Å². The third kappa shape index (κ3) is 6.04. The van der Waals surface area contributed by atoms with Crippen LogP contribution in [-0.4, -0.2) is 66.3 Å². The molecule has 0 bridgehead atoms. The summed E-state index contributed by atoms with van der Waals surface area (Å²) in [7, 11) is 0.0727. The van der Waals surface area contributed by atoms with Gasteiger partial charge in [-0.3, -0.25) is 9.36 Å². The SMILES string of the molecule is CC1CC=C(S(=O)(=O)NC(=O)Nc2ccc(-n3cnc4cc(NCCN(C)C)ccc4c3=O)nc2)S1. The summed E-state index contributed by atoms with van der Waals surface area (Å²) in [6.07, 6.45) is 4.96. The molecule has 0 saturated heterocycles. The van der Waals surface area contributed by atoms with Gasteiger partial charge in [0.05, 0.1) is 22.8 Å². The van der Waals surface area contributed by atoms with E-state index < -0.39 is 16.1 Å². The molecule has 1 aliphatic rings. The minimum Gasteiger partial charge on any atom is -0.384 e. The first-order valence-electron chi connectivity index (χ1n) is 11.2. The first-order valence-corrected chi connectivity index (χ1v) is 13.6. The van der Waals surface area contributed by atoms with Gasteiger partial charge in [0.15, 0.2) is 0 Å². The van der Waals surface area contributed by atoms with Crippen molar-refractivity contribution in [2.45, 2.75) is 18.6 Å². The second-order valence-electron chi connectivity index (χ2n) is 8.53. The van der Waals surface area contributed by atoms with E-state index in [0.29, 0.717) is 23.1 Å². The fourth-order valence-corrected chi connectivity index (χ4v) is 6.10. The first kappa shape index (κ1) is 25.7. The highest BCUT2D eigenvalue weighted by Crippen LogP contribution is 2.34. The lowest BCUT2D eigenvalue weighted by molar-refractivity contribution is 0.256. The fraction of sp³-hybridized carbons (Fsp3) is 0.304. The maximum Gasteiger partial charge on any atom is 0.333 e. The van der Waals surface area contributed by atoms with Gasteiger partial charge >= 0.3 is 6.03 Å². The Morgan fingerprint density at radius 2 is 1.97 bits per heavy atom. The van der Waals surface area contributed by atoms with Gasteiger partial charge in [0.2, 0.25) is 0 Å². The van der Waals surface area contributed by atoms with Crippen molar-refractivity contribution in [1.29, 1.82) is 0 Å². The second-order valence-corrected chi connectivity index (χ2v) is 11.9. The van der Waals surface area contributed by atoms with Gasteiger partial charge in [-0.15, -0.1) is 11.8 Å². The number of thioether (sulfide) groups is 1. The molecule has 3 heterocycles. The van der Waals surface area contributed by atoms with Crippen LogP contribution in [0.1, 0.15) is 13.3 Å². The van der Waals surface area contributed by atoms with Crippen LogP contribution in [0.25, 0.3) is 16.7 Å². The van der Waals surface area contributed by atoms with Crippen LogP contribution in [0.4, 0.5) is 16.2 Å². The maximum atomic E-state index is 13.0. The number of pyridine rings is 1. The smallest absolute Gasteiger partial charge is 0.333 e. The molecule has 2 amide bonds. The Kier molecular flexibility index (Phi) is 7.62. The van der Waals surface area contributed by atoms with Gasteiger partial charge in [0.25, 0.3) is 15.6 Å². The summed E-state index contributed by atoms with van der Waals surface area (Å²) in [5.74, 6) is 0.308. The van der Waals surface area contributed by atoms with E-state index in [2.05, 4.69) is 25.5 Å². The van der Waals surface area contributed by atoms with Crippen LogP contribution >= 0.6 is 11.8 Å². The number of anilines is 2. The lowest BCUT2D eigenvalue weighted by atomic mass is 10.2. The van der Waals surface area contributed by atoms with Crippen molar-refractivity contribution in [2.75, 3.05) is 37.8 Å². The van der Waals surface area contributed by atoms with Gasteiger partial charge in [-0.2, -0.15) is 0 Å². The number of hydrogen-bond donors (Lipinski definition) is 3. The third-order valence-corrected chi connectivity index (χ3v) is 8.42. The summed E-state index contributed by atoms with van der Waals surface area (Å²) in [5, 5.41) is 6.34. The van der Waals surface area contributed by atoms with Gasteiger partial charge in [-0.05, 0) is 50.8 Å². The Bertz CT molecular complexity index is 1470. The van der Waals surface area contributed by atoms with Crippen molar-refractivity contribution in [2.24, 2.45) is 0 Å². The minimum absolute atomic E-state index is 0.137. The third-order valence-electron chi connectivity index (χ3n) is 5.33. The van der Waals surface area contributed by atoms with E-state index in [1.54, 1.807) is 12.1 Å². The van der Waals surface area contributed by atoms with Crippen LogP contribution in [0.15, 0.2) is 58.0 Å². The molecule has 0 spiro atoms. The van der Waals surface area contributed by atoms with Crippen molar-refractivity contribution >= 4 is 50.1 Å². The van der Waals surface area contributed by atoms with Crippen molar-refractivity contribution in [3.05, 3.63) is 63.5 Å². The lowest BCUT2D eigenvalue weighted by Gasteiger charge is -2.12. The molecule has 1 unspecified atom stereocenters. The summed E-state index contributed by atoms with van der Waals surface area (Å²) in [6, 6.07) is 7.54. The summed E-state index contributed by atoms with van der Waals surface area (Å²) < 4.78 is 28.1. The molecule has 2 aromatic heterocycles. The number of fused-ring (bicyclic) bond motifs is 1. The molecule has 36 heavy (non-hydrogen) atoms. The second kappa shape index (κ2) is 10.7. The highest BCUT2D eigenvalue weighted by atomic mass is 32.3. The average molecular weight is 530 g/mol. The van der Waals surface area contributed by atoms with E-state index in [0.717, 1.165) is 18.8 Å². The summed E-state index contributed by atoms with van der Waals surface area (Å²) in [5.41, 5.74) is 1.42. The number of hydrogen-bond acceptors (Lipinski definition) is 9. The lowest BCUT2D eigenvalue weighted by Crippen LogP contribution is -2.34. The van der Waals surface area contributed by atoms with Crippen LogP contribution in [0.5, 0.6) is 0 Å². The molecule has 0 saturated carbocycles. The van der Waals surface area contributed by atoms with Crippen molar-refractivity contribution in [3.63, 3.8) is 0 Å². The van der Waals surface area contributed by atoms with Crippen LogP contribution in [0, 0.1) is 0 Å². The Hall–Kier alpha value is -3.42. The molecular weight excluding hydrogens is 502 g/mol. The summed E-state index contributed by atoms with van der Waals surface area (Å²) >= 11 is 1.20. The Balaban J connectivity index is 1.44. The average Bonchev–Trinajstić information content (AvgIpc) is 3.27. The van der Waals surface area contributed by atoms with Gasteiger partial charge in [0.1, 0.15) is 16.4 Å². The number of sulfonamides is 1. The quantitative estimate of drug-likeness (QED) is 0.402. The van der Waals surface area contributed by atoms with E-state index in [1.807, 2.05) is 37.9 Å². The number of urea groups is 1. The van der Waals surface area contributed by atoms with E-state index in [9.17, 15) is 18.0 Å². The zero-order valence-corrected chi connectivity index (χ0v) is 21.7. The molecule has 1 aliphatic heterocycles. The molecule has 0 fully saturated rings. The molecule has 0 aliphatic carbocycles. The number of allylic oxidation sites excluding steroid dienone is 1. The number of nitrogens with one attached hydrogen (secondary N) is 3. The van der Waals surface area contributed by atoms with Gasteiger partial charge in [-0.1, -0.05) is 13.0 Å². The number of likely N-dealkylation sites (N-methyl/N-ethyl adjacent to an activating group) is 1. The number of benzene rings is 1. The molecule has 4 rings (SSSR count). The zero-order valence-electron chi connectivity index (χ0n) is 20.1. The predicted molar refractivity (Wildman–Crippen MR) is 143 cm³/mol. The number of aromatic nitrogens is 3. The zero-order chi connectivity index (χ0) is 25.9. The molecule has 11 nitrogen and oxygen atoms in total. The molecule has 1 aromatic carbocycles. The van der Waals surface area contributed by atoms with Crippen molar-refractivity contribution < 1.29 is 13.2 Å². The van der Waals surface area contributed by atoms with E-state index in [4.69, 9.17) is 0 Å². The maximum absolute atomic E-state index is 13.0. The van der Waals surface area contributed by atoms with Gasteiger partial charge in [0, 0.05) is 24.0 Å². The molecule has 0 radical (unpaired) electrons. The first-order chi connectivity index (χ1) is 17.1. The van der Waals surface area contributed by atoms with Gasteiger partial charge < -0.3 is 15.5 Å². The molecule has 3 aromatic rings. The van der Waals surface area contributed by atoms with Gasteiger partial charge in [-0.25, -0.2) is 27.9 Å². The monoisotopic (exact) mass is 529 g/mol.